The van der Waals surface area contributed by atoms with E-state index in [2.05, 4.69) is 0 Å². The number of aliphatic hydroxyl groups excluding tert-OH is 1. The first-order chi connectivity index (χ1) is 5.26. The van der Waals surface area contributed by atoms with E-state index in [-0.39, 0.29) is 12.7 Å². The van der Waals surface area contributed by atoms with E-state index in [1.54, 1.807) is 0 Å². The van der Waals surface area contributed by atoms with Crippen molar-refractivity contribution in [2.45, 2.75) is 38.6 Å². The quantitative estimate of drug-likeness (QED) is 0.667. The molecule has 0 aromatic heterocycles. The lowest BCUT2D eigenvalue weighted by atomic mass is 10.1. The third-order valence-electron chi connectivity index (χ3n) is 2.19. The van der Waals surface area contributed by atoms with E-state index in [0.29, 0.717) is 6.61 Å². The van der Waals surface area contributed by atoms with E-state index in [0.717, 1.165) is 12.8 Å². The summed E-state index contributed by atoms with van der Waals surface area (Å²) in [7, 11) is 0. The van der Waals surface area contributed by atoms with Crippen LogP contribution < -0.4 is 0 Å². The molecule has 1 aliphatic heterocycles. The van der Waals surface area contributed by atoms with Gasteiger partial charge in [0, 0.05) is 0 Å². The zero-order chi connectivity index (χ0) is 8.32. The molecule has 0 spiro atoms. The SMILES string of the molecule is CCC1(CC)OC[C@H](CO)O1. The molecule has 0 radical (unpaired) electrons. The largest absolute Gasteiger partial charge is 0.394 e. The normalized spacial score (nSPS) is 29.2. The molecule has 0 unspecified atom stereocenters. The summed E-state index contributed by atoms with van der Waals surface area (Å²) >= 11 is 0. The standard InChI is InChI=1S/C8H16O3/c1-3-8(4-2)10-6-7(5-9)11-8/h7,9H,3-6H2,1-2H3/t7-/m0/s1. The van der Waals surface area contributed by atoms with Crippen LogP contribution in [0.2, 0.25) is 0 Å². The lowest BCUT2D eigenvalue weighted by Crippen LogP contribution is -2.29. The highest BCUT2D eigenvalue weighted by atomic mass is 16.7. The van der Waals surface area contributed by atoms with Crippen molar-refractivity contribution >= 4 is 0 Å². The number of hydrogen-bond acceptors (Lipinski definition) is 3. The molecule has 0 saturated carbocycles. The highest BCUT2D eigenvalue weighted by molar-refractivity contribution is 4.75. The van der Waals surface area contributed by atoms with Crippen LogP contribution in [0.3, 0.4) is 0 Å². The summed E-state index contributed by atoms with van der Waals surface area (Å²) in [6, 6.07) is 0. The van der Waals surface area contributed by atoms with Gasteiger partial charge in [-0.1, -0.05) is 13.8 Å². The van der Waals surface area contributed by atoms with E-state index < -0.39 is 5.79 Å². The van der Waals surface area contributed by atoms with Gasteiger partial charge in [-0.2, -0.15) is 0 Å². The van der Waals surface area contributed by atoms with E-state index in [1.165, 1.54) is 0 Å². The van der Waals surface area contributed by atoms with Crippen molar-refractivity contribution in [2.24, 2.45) is 0 Å². The Morgan fingerprint density at radius 3 is 2.36 bits per heavy atom. The van der Waals surface area contributed by atoms with Gasteiger partial charge in [-0.25, -0.2) is 0 Å². The number of hydrogen-bond donors (Lipinski definition) is 1. The summed E-state index contributed by atoms with van der Waals surface area (Å²) in [6.07, 6.45) is 1.58. The molecular formula is C8H16O3. The van der Waals surface area contributed by atoms with Crippen LogP contribution in [0.1, 0.15) is 26.7 Å². The van der Waals surface area contributed by atoms with Crippen LogP contribution in [0.15, 0.2) is 0 Å². The Labute approximate surface area is 67.3 Å². The van der Waals surface area contributed by atoms with E-state index in [9.17, 15) is 0 Å². The van der Waals surface area contributed by atoms with Gasteiger partial charge in [-0.15, -0.1) is 0 Å². The number of ether oxygens (including phenoxy) is 2. The molecule has 0 aromatic rings. The molecule has 1 N–H and O–H groups in total. The number of aliphatic hydroxyl groups is 1. The molecule has 1 heterocycles. The summed E-state index contributed by atoms with van der Waals surface area (Å²) in [6.45, 7) is 4.65. The van der Waals surface area contributed by atoms with Gasteiger partial charge in [-0.05, 0) is 12.8 Å². The minimum atomic E-state index is -0.409. The molecule has 0 aromatic carbocycles. The zero-order valence-electron chi connectivity index (χ0n) is 7.17. The van der Waals surface area contributed by atoms with E-state index in [1.807, 2.05) is 13.8 Å². The monoisotopic (exact) mass is 160 g/mol. The van der Waals surface area contributed by atoms with Gasteiger partial charge < -0.3 is 14.6 Å². The van der Waals surface area contributed by atoms with Gasteiger partial charge in [0.05, 0.1) is 13.2 Å². The van der Waals surface area contributed by atoms with Crippen LogP contribution in [0.4, 0.5) is 0 Å². The molecule has 1 atom stereocenters. The molecule has 0 bridgehead atoms. The molecule has 0 amide bonds. The van der Waals surface area contributed by atoms with Gasteiger partial charge in [0.25, 0.3) is 0 Å². The van der Waals surface area contributed by atoms with Crippen molar-refractivity contribution in [3.05, 3.63) is 0 Å². The van der Waals surface area contributed by atoms with Crippen LogP contribution in [-0.2, 0) is 9.47 Å². The minimum Gasteiger partial charge on any atom is -0.394 e. The Morgan fingerprint density at radius 1 is 1.45 bits per heavy atom. The molecule has 1 aliphatic rings. The lowest BCUT2D eigenvalue weighted by molar-refractivity contribution is -0.174. The second kappa shape index (κ2) is 3.52. The fraction of sp³-hybridized carbons (Fsp3) is 1.00. The highest BCUT2D eigenvalue weighted by Gasteiger charge is 2.37. The second-order valence-corrected chi connectivity index (χ2v) is 2.85. The Morgan fingerprint density at radius 2 is 2.09 bits per heavy atom. The smallest absolute Gasteiger partial charge is 0.168 e. The van der Waals surface area contributed by atoms with Gasteiger partial charge in [0.2, 0.25) is 0 Å². The highest BCUT2D eigenvalue weighted by Crippen LogP contribution is 2.29. The third-order valence-corrected chi connectivity index (χ3v) is 2.19. The fourth-order valence-electron chi connectivity index (χ4n) is 1.33. The first-order valence-electron chi connectivity index (χ1n) is 4.19. The Bertz CT molecular complexity index is 121. The van der Waals surface area contributed by atoms with Gasteiger partial charge in [0.1, 0.15) is 6.10 Å². The van der Waals surface area contributed by atoms with Crippen LogP contribution in [0.25, 0.3) is 0 Å². The predicted molar refractivity (Wildman–Crippen MR) is 41.2 cm³/mol. The molecule has 1 fully saturated rings. The average molecular weight is 160 g/mol. The van der Waals surface area contributed by atoms with Crippen LogP contribution in [-0.4, -0.2) is 30.2 Å². The summed E-state index contributed by atoms with van der Waals surface area (Å²) in [5.41, 5.74) is 0. The number of rotatable bonds is 3. The van der Waals surface area contributed by atoms with Crippen LogP contribution in [0, 0.1) is 0 Å². The van der Waals surface area contributed by atoms with Crippen molar-refractivity contribution in [3.8, 4) is 0 Å². The van der Waals surface area contributed by atoms with Gasteiger partial charge in [0.15, 0.2) is 5.79 Å². The molecular weight excluding hydrogens is 144 g/mol. The molecule has 0 aliphatic carbocycles. The predicted octanol–water partition coefficient (Wildman–Crippen LogP) is 0.910. The second-order valence-electron chi connectivity index (χ2n) is 2.85. The summed E-state index contributed by atoms with van der Waals surface area (Å²) in [5.74, 6) is -0.409. The van der Waals surface area contributed by atoms with E-state index >= 15 is 0 Å². The molecule has 11 heavy (non-hydrogen) atoms. The van der Waals surface area contributed by atoms with Crippen molar-refractivity contribution < 1.29 is 14.6 Å². The van der Waals surface area contributed by atoms with E-state index in [4.69, 9.17) is 14.6 Å². The Balaban J connectivity index is 2.48. The van der Waals surface area contributed by atoms with Crippen molar-refractivity contribution in [1.29, 1.82) is 0 Å². The van der Waals surface area contributed by atoms with Gasteiger partial charge >= 0.3 is 0 Å². The average Bonchev–Trinajstić information content (AvgIpc) is 2.49. The Kier molecular flexibility index (Phi) is 2.87. The zero-order valence-corrected chi connectivity index (χ0v) is 7.17. The Hall–Kier alpha value is -0.120. The molecule has 3 nitrogen and oxygen atoms in total. The van der Waals surface area contributed by atoms with Crippen LogP contribution >= 0.6 is 0 Å². The maximum absolute atomic E-state index is 8.78. The minimum absolute atomic E-state index is 0.0573. The topological polar surface area (TPSA) is 38.7 Å². The van der Waals surface area contributed by atoms with Crippen molar-refractivity contribution in [2.75, 3.05) is 13.2 Å². The summed E-state index contributed by atoms with van der Waals surface area (Å²) in [4.78, 5) is 0. The first-order valence-corrected chi connectivity index (χ1v) is 4.19. The first kappa shape index (κ1) is 8.97. The lowest BCUT2D eigenvalue weighted by Gasteiger charge is -2.24. The van der Waals surface area contributed by atoms with Crippen molar-refractivity contribution in [3.63, 3.8) is 0 Å². The van der Waals surface area contributed by atoms with Crippen molar-refractivity contribution in [1.82, 2.24) is 0 Å². The third kappa shape index (κ3) is 1.72. The molecule has 1 saturated heterocycles. The van der Waals surface area contributed by atoms with Crippen LogP contribution in [0.5, 0.6) is 0 Å². The maximum atomic E-state index is 8.78. The molecule has 1 rings (SSSR count). The fourth-order valence-corrected chi connectivity index (χ4v) is 1.33. The summed E-state index contributed by atoms with van der Waals surface area (Å²) in [5, 5.41) is 8.78. The molecule has 3 heteroatoms. The maximum Gasteiger partial charge on any atom is 0.168 e. The molecule has 66 valence electrons. The summed E-state index contributed by atoms with van der Waals surface area (Å²) < 4.78 is 11.0. The van der Waals surface area contributed by atoms with Gasteiger partial charge in [-0.3, -0.25) is 0 Å².